The lowest BCUT2D eigenvalue weighted by Gasteiger charge is -2.43. The molecule has 53 heavy (non-hydrogen) atoms. The van der Waals surface area contributed by atoms with Crippen molar-refractivity contribution in [2.45, 2.75) is 56.7 Å². The zero-order valence-electron chi connectivity index (χ0n) is 30.5. The van der Waals surface area contributed by atoms with Crippen LogP contribution in [-0.4, -0.2) is 152 Å². The van der Waals surface area contributed by atoms with Crippen molar-refractivity contribution in [1.82, 2.24) is 30.0 Å². The number of nitrogens with one attached hydrogen (secondary N) is 2. The number of para-hydroxylation sites is 1. The van der Waals surface area contributed by atoms with Gasteiger partial charge in [0.2, 0.25) is 0 Å². The molecule has 3 saturated heterocycles. The molecule has 0 aliphatic carbocycles. The van der Waals surface area contributed by atoms with Crippen LogP contribution in [0.5, 0.6) is 5.75 Å². The van der Waals surface area contributed by atoms with Crippen molar-refractivity contribution in [3.8, 4) is 5.75 Å². The summed E-state index contributed by atoms with van der Waals surface area (Å²) in [7, 11) is 7.51. The van der Waals surface area contributed by atoms with Gasteiger partial charge in [0.15, 0.2) is 6.10 Å². The molecule has 2 aromatic rings. The van der Waals surface area contributed by atoms with E-state index in [4.69, 9.17) is 17.4 Å². The molecule has 4 heterocycles. The standard InChI is InChI=1S/C38H50BN7O7/c1-3-27-22-26(23-31(39)35(27)48)24-33(36(49)44-13-9-29(10-14-44)43-20-18-42(19-21-43)25-34(47)41-52-2)53-38(51)45-15-11-30(12-16-45)46-17-8-28-6-4-5-7-32(28)40-37(46)50/h3-7,22-23,29-30,33,48H,1,8-21,24-25H2,2H3,(H,40,50)(H,41,47)/t33-/m1/s1. The van der Waals surface area contributed by atoms with Gasteiger partial charge < -0.3 is 29.9 Å². The lowest BCUT2D eigenvalue weighted by Crippen LogP contribution is -2.56. The Morgan fingerprint density at radius 3 is 2.36 bits per heavy atom. The SMILES string of the molecule is [B]c1cc(C[C@@H](OC(=O)N2CCC(N3CCc4ccccc4NC3=O)CC2)C(=O)N2CCC(N3CCN(CC(=O)NOC)CC3)CC2)cc(C=C)c1O. The van der Waals surface area contributed by atoms with Crippen LogP contribution >= 0.6 is 0 Å². The molecule has 3 N–H and O–H groups in total. The monoisotopic (exact) mass is 727 g/mol. The fourth-order valence-electron chi connectivity index (χ4n) is 8.00. The number of phenols is 1. The number of rotatable bonds is 10. The maximum atomic E-state index is 14.1. The van der Waals surface area contributed by atoms with Crippen LogP contribution in [0.15, 0.2) is 43.0 Å². The van der Waals surface area contributed by atoms with E-state index in [0.29, 0.717) is 69.3 Å². The van der Waals surface area contributed by atoms with E-state index >= 15 is 0 Å². The molecular weight excluding hydrogens is 677 g/mol. The molecule has 282 valence electrons. The number of aromatic hydroxyl groups is 1. The maximum Gasteiger partial charge on any atom is 0.410 e. The van der Waals surface area contributed by atoms with Crippen molar-refractivity contribution in [2.24, 2.45) is 0 Å². The van der Waals surface area contributed by atoms with Crippen molar-refractivity contribution in [1.29, 1.82) is 0 Å². The molecule has 4 aliphatic heterocycles. The Balaban J connectivity index is 1.06. The van der Waals surface area contributed by atoms with Crippen LogP contribution in [0.25, 0.3) is 6.08 Å². The largest absolute Gasteiger partial charge is 0.508 e. The molecular formula is C38H50BN7O7. The molecule has 5 amide bonds. The summed E-state index contributed by atoms with van der Waals surface area (Å²) >= 11 is 0. The number of likely N-dealkylation sites (tertiary alicyclic amines) is 2. The second kappa shape index (κ2) is 17.5. The topological polar surface area (TPSA) is 147 Å². The van der Waals surface area contributed by atoms with Crippen LogP contribution in [0, 0.1) is 0 Å². The smallest absolute Gasteiger partial charge is 0.410 e. The third-order valence-electron chi connectivity index (χ3n) is 11.0. The third kappa shape index (κ3) is 9.32. The van der Waals surface area contributed by atoms with Gasteiger partial charge in [0.05, 0.1) is 13.7 Å². The number of anilines is 1. The molecule has 14 nitrogen and oxygen atoms in total. The molecule has 1 atom stereocenters. The van der Waals surface area contributed by atoms with Crippen molar-refractivity contribution < 1.29 is 33.9 Å². The highest BCUT2D eigenvalue weighted by atomic mass is 16.6. The van der Waals surface area contributed by atoms with E-state index in [9.17, 15) is 24.3 Å². The number of fused-ring (bicyclic) bond motifs is 1. The second-order valence-corrected chi connectivity index (χ2v) is 14.3. The molecule has 0 saturated carbocycles. The number of urea groups is 1. The summed E-state index contributed by atoms with van der Waals surface area (Å²) in [5.74, 6) is -0.528. The lowest BCUT2D eigenvalue weighted by atomic mass is 9.89. The zero-order chi connectivity index (χ0) is 37.5. The Labute approximate surface area is 312 Å². The number of carbonyl (C=O) groups excluding carboxylic acids is 4. The number of carbonyl (C=O) groups is 4. The Hall–Kier alpha value is -4.60. The highest BCUT2D eigenvalue weighted by molar-refractivity contribution is 6.34. The van der Waals surface area contributed by atoms with Crippen LogP contribution in [0.2, 0.25) is 0 Å². The zero-order valence-corrected chi connectivity index (χ0v) is 30.5. The minimum atomic E-state index is -1.10. The Morgan fingerprint density at radius 2 is 1.66 bits per heavy atom. The predicted molar refractivity (Wildman–Crippen MR) is 201 cm³/mol. The first-order valence-electron chi connectivity index (χ1n) is 18.6. The van der Waals surface area contributed by atoms with E-state index in [0.717, 1.165) is 56.7 Å². The van der Waals surface area contributed by atoms with Crippen LogP contribution in [-0.2, 0) is 32.0 Å². The van der Waals surface area contributed by atoms with Crippen molar-refractivity contribution in [2.75, 3.05) is 77.9 Å². The molecule has 6 rings (SSSR count). The summed E-state index contributed by atoms with van der Waals surface area (Å²) in [6.45, 7) is 9.69. The number of nitrogens with zero attached hydrogens (tertiary/aromatic N) is 5. The van der Waals surface area contributed by atoms with Crippen molar-refractivity contribution in [3.05, 3.63) is 59.7 Å². The fraction of sp³-hybridized carbons (Fsp3) is 0.526. The molecule has 2 radical (unpaired) electrons. The minimum Gasteiger partial charge on any atom is -0.508 e. The average molecular weight is 728 g/mol. The summed E-state index contributed by atoms with van der Waals surface area (Å²) in [4.78, 5) is 67.4. The van der Waals surface area contributed by atoms with Gasteiger partial charge in [-0.25, -0.2) is 15.1 Å². The first kappa shape index (κ1) is 38.1. The Bertz CT molecular complexity index is 1650. The van der Waals surface area contributed by atoms with Gasteiger partial charge in [0, 0.05) is 88.7 Å². The summed E-state index contributed by atoms with van der Waals surface area (Å²) in [6, 6.07) is 11.3. The van der Waals surface area contributed by atoms with Gasteiger partial charge in [-0.15, -0.1) is 0 Å². The number of ether oxygens (including phenoxy) is 1. The van der Waals surface area contributed by atoms with Crippen LogP contribution in [0.4, 0.5) is 15.3 Å². The van der Waals surface area contributed by atoms with E-state index < -0.39 is 12.2 Å². The number of hydroxylamine groups is 1. The van der Waals surface area contributed by atoms with Crippen LogP contribution < -0.4 is 16.3 Å². The van der Waals surface area contributed by atoms with E-state index in [1.54, 1.807) is 21.9 Å². The molecule has 0 spiro atoms. The molecule has 2 aromatic carbocycles. The molecule has 0 bridgehead atoms. The molecule has 15 heteroatoms. The summed E-state index contributed by atoms with van der Waals surface area (Å²) in [6.07, 6.45) is 3.40. The van der Waals surface area contributed by atoms with Crippen LogP contribution in [0.3, 0.4) is 0 Å². The number of hydrogen-bond acceptors (Lipinski definition) is 9. The van der Waals surface area contributed by atoms with E-state index in [1.165, 1.54) is 13.2 Å². The Morgan fingerprint density at radius 1 is 0.981 bits per heavy atom. The van der Waals surface area contributed by atoms with Gasteiger partial charge in [-0.1, -0.05) is 42.4 Å². The normalized spacial score (nSPS) is 19.9. The third-order valence-corrected chi connectivity index (χ3v) is 11.0. The molecule has 3 fully saturated rings. The maximum absolute atomic E-state index is 14.1. The predicted octanol–water partition coefficient (Wildman–Crippen LogP) is 1.72. The van der Waals surface area contributed by atoms with Gasteiger partial charge in [0.1, 0.15) is 13.6 Å². The lowest BCUT2D eigenvalue weighted by molar-refractivity contribution is -0.142. The average Bonchev–Trinajstić information content (AvgIpc) is 3.34. The summed E-state index contributed by atoms with van der Waals surface area (Å²) in [5.41, 5.74) is 5.52. The number of benzene rings is 2. The van der Waals surface area contributed by atoms with Crippen molar-refractivity contribution in [3.63, 3.8) is 0 Å². The van der Waals surface area contributed by atoms with Gasteiger partial charge in [-0.05, 0) is 55.4 Å². The minimum absolute atomic E-state index is 0.0254. The Kier molecular flexibility index (Phi) is 12.6. The summed E-state index contributed by atoms with van der Waals surface area (Å²) in [5, 5.41) is 13.4. The van der Waals surface area contributed by atoms with Gasteiger partial charge in [0.25, 0.3) is 11.8 Å². The highest BCUT2D eigenvalue weighted by Gasteiger charge is 2.37. The summed E-state index contributed by atoms with van der Waals surface area (Å²) < 4.78 is 6.04. The quantitative estimate of drug-likeness (QED) is 0.246. The first-order valence-corrected chi connectivity index (χ1v) is 18.6. The van der Waals surface area contributed by atoms with Crippen molar-refractivity contribution >= 4 is 49.0 Å². The number of piperazine rings is 1. The number of amides is 5. The molecule has 0 aromatic heterocycles. The van der Waals surface area contributed by atoms with Crippen LogP contribution in [0.1, 0.15) is 42.4 Å². The molecule has 4 aliphatic rings. The number of hydrogen-bond donors (Lipinski definition) is 3. The van der Waals surface area contributed by atoms with E-state index in [1.807, 2.05) is 29.2 Å². The second-order valence-electron chi connectivity index (χ2n) is 14.3. The number of phenolic OH excluding ortho intramolecular Hbond substituents is 1. The highest BCUT2D eigenvalue weighted by Crippen LogP contribution is 2.26. The van der Waals surface area contributed by atoms with Gasteiger partial charge >= 0.3 is 12.1 Å². The van der Waals surface area contributed by atoms with Gasteiger partial charge in [-0.3, -0.25) is 24.2 Å². The van der Waals surface area contributed by atoms with Gasteiger partial charge in [-0.2, -0.15) is 0 Å². The number of piperidine rings is 2. The fourth-order valence-corrected chi connectivity index (χ4v) is 8.00. The first-order chi connectivity index (χ1) is 25.6. The van der Waals surface area contributed by atoms with E-state index in [-0.39, 0.29) is 41.5 Å². The van der Waals surface area contributed by atoms with E-state index in [2.05, 4.69) is 27.2 Å². The molecule has 0 unspecified atom stereocenters.